The number of rotatable bonds is 6. The minimum atomic E-state index is -0.290. The van der Waals surface area contributed by atoms with Crippen molar-refractivity contribution in [3.8, 4) is 0 Å². The van der Waals surface area contributed by atoms with Crippen LogP contribution in [0.25, 0.3) is 0 Å². The highest BCUT2D eigenvalue weighted by atomic mass is 19.1. The number of nitrogens with zero attached hydrogens (tertiary/aromatic N) is 2. The quantitative estimate of drug-likeness (QED) is 0.712. The van der Waals surface area contributed by atoms with Gasteiger partial charge in [0, 0.05) is 25.5 Å². The Hall–Kier alpha value is -3.15. The first-order valence-corrected chi connectivity index (χ1v) is 8.43. The van der Waals surface area contributed by atoms with E-state index in [1.165, 1.54) is 17.7 Å². The lowest BCUT2D eigenvalue weighted by molar-refractivity contribution is 0.237. The summed E-state index contributed by atoms with van der Waals surface area (Å²) in [5, 5.41) is 5.68. The van der Waals surface area contributed by atoms with Crippen LogP contribution >= 0.6 is 0 Å². The molecule has 134 valence electrons. The van der Waals surface area contributed by atoms with Crippen LogP contribution in [0.2, 0.25) is 0 Å². The minimum Gasteiger partial charge on any atom is -0.334 e. The Morgan fingerprint density at radius 1 is 1.12 bits per heavy atom. The molecule has 6 heteroatoms. The van der Waals surface area contributed by atoms with Crippen LogP contribution in [0.15, 0.2) is 67.3 Å². The molecule has 0 bridgehead atoms. The van der Waals surface area contributed by atoms with Gasteiger partial charge < -0.3 is 15.2 Å². The highest BCUT2D eigenvalue weighted by Crippen LogP contribution is 2.12. The van der Waals surface area contributed by atoms with Gasteiger partial charge in [-0.1, -0.05) is 36.4 Å². The molecule has 1 atom stereocenters. The summed E-state index contributed by atoms with van der Waals surface area (Å²) in [6.45, 7) is 3.06. The van der Waals surface area contributed by atoms with Crippen molar-refractivity contribution >= 4 is 6.03 Å². The zero-order valence-corrected chi connectivity index (χ0v) is 14.5. The first-order valence-electron chi connectivity index (χ1n) is 8.43. The van der Waals surface area contributed by atoms with Crippen LogP contribution in [0.3, 0.4) is 0 Å². The molecule has 1 heterocycles. The number of imidazole rings is 1. The van der Waals surface area contributed by atoms with E-state index in [0.717, 1.165) is 17.7 Å². The molecule has 2 amide bonds. The zero-order chi connectivity index (χ0) is 18.4. The average Bonchev–Trinajstić information content (AvgIpc) is 3.15. The van der Waals surface area contributed by atoms with Crippen molar-refractivity contribution in [2.24, 2.45) is 0 Å². The maximum Gasteiger partial charge on any atom is 0.315 e. The van der Waals surface area contributed by atoms with E-state index >= 15 is 0 Å². The second-order valence-electron chi connectivity index (χ2n) is 6.15. The molecule has 3 rings (SSSR count). The Morgan fingerprint density at radius 2 is 1.81 bits per heavy atom. The molecule has 0 fully saturated rings. The van der Waals surface area contributed by atoms with Gasteiger partial charge in [-0.3, -0.25) is 0 Å². The van der Waals surface area contributed by atoms with E-state index in [9.17, 15) is 9.18 Å². The Kier molecular flexibility index (Phi) is 5.63. The van der Waals surface area contributed by atoms with Gasteiger partial charge in [0.25, 0.3) is 0 Å². The maximum atomic E-state index is 13.0. The molecule has 0 saturated heterocycles. The number of nitrogens with one attached hydrogen (secondary N) is 2. The molecule has 0 saturated carbocycles. The van der Waals surface area contributed by atoms with Gasteiger partial charge in [0.2, 0.25) is 0 Å². The SMILES string of the molecule is C[C@@H](NC(=O)NCc1ccc(Cn2ccnc2)cc1)c1ccc(F)cc1. The third kappa shape index (κ3) is 4.92. The number of benzene rings is 2. The van der Waals surface area contributed by atoms with E-state index in [1.54, 1.807) is 24.7 Å². The average molecular weight is 352 g/mol. The predicted octanol–water partition coefficient (Wildman–Crippen LogP) is 3.63. The Bertz CT molecular complexity index is 829. The molecule has 5 nitrogen and oxygen atoms in total. The highest BCUT2D eigenvalue weighted by Gasteiger charge is 2.09. The van der Waals surface area contributed by atoms with Gasteiger partial charge in [0.1, 0.15) is 5.82 Å². The lowest BCUT2D eigenvalue weighted by atomic mass is 10.1. The first kappa shape index (κ1) is 17.7. The summed E-state index contributed by atoms with van der Waals surface area (Å²) < 4.78 is 14.9. The fourth-order valence-corrected chi connectivity index (χ4v) is 2.62. The molecule has 0 aliphatic rings. The van der Waals surface area contributed by atoms with Crippen molar-refractivity contribution < 1.29 is 9.18 Å². The highest BCUT2D eigenvalue weighted by molar-refractivity contribution is 5.74. The van der Waals surface area contributed by atoms with Crippen LogP contribution in [0.5, 0.6) is 0 Å². The first-order chi connectivity index (χ1) is 12.6. The van der Waals surface area contributed by atoms with E-state index in [2.05, 4.69) is 15.6 Å². The van der Waals surface area contributed by atoms with Gasteiger partial charge in [0.15, 0.2) is 0 Å². The van der Waals surface area contributed by atoms with E-state index in [1.807, 2.05) is 42.0 Å². The molecule has 0 aliphatic heterocycles. The third-order valence-corrected chi connectivity index (χ3v) is 4.12. The molecule has 0 radical (unpaired) electrons. The van der Waals surface area contributed by atoms with Crippen molar-refractivity contribution in [3.05, 3.63) is 89.8 Å². The van der Waals surface area contributed by atoms with E-state index in [4.69, 9.17) is 0 Å². The number of urea groups is 1. The largest absolute Gasteiger partial charge is 0.334 e. The number of hydrogen-bond acceptors (Lipinski definition) is 2. The van der Waals surface area contributed by atoms with E-state index < -0.39 is 0 Å². The van der Waals surface area contributed by atoms with Gasteiger partial charge in [-0.15, -0.1) is 0 Å². The second kappa shape index (κ2) is 8.29. The number of amides is 2. The monoisotopic (exact) mass is 352 g/mol. The van der Waals surface area contributed by atoms with Crippen LogP contribution in [0.4, 0.5) is 9.18 Å². The van der Waals surface area contributed by atoms with Gasteiger partial charge in [-0.2, -0.15) is 0 Å². The summed E-state index contributed by atoms with van der Waals surface area (Å²) >= 11 is 0. The molecule has 2 N–H and O–H groups in total. The fourth-order valence-electron chi connectivity index (χ4n) is 2.62. The molecule has 0 aliphatic carbocycles. The number of carbonyl (C=O) groups excluding carboxylic acids is 1. The summed E-state index contributed by atoms with van der Waals surface area (Å²) in [5.74, 6) is -0.290. The summed E-state index contributed by atoms with van der Waals surface area (Å²) in [6.07, 6.45) is 5.45. The number of aromatic nitrogens is 2. The summed E-state index contributed by atoms with van der Waals surface area (Å²) in [6, 6.07) is 13.7. The predicted molar refractivity (Wildman–Crippen MR) is 98.0 cm³/mol. The van der Waals surface area contributed by atoms with Crippen molar-refractivity contribution in [2.75, 3.05) is 0 Å². The number of halogens is 1. The van der Waals surface area contributed by atoms with Crippen molar-refractivity contribution in [1.82, 2.24) is 20.2 Å². The van der Waals surface area contributed by atoms with Gasteiger partial charge in [-0.25, -0.2) is 14.2 Å². The van der Waals surface area contributed by atoms with Crippen molar-refractivity contribution in [3.63, 3.8) is 0 Å². The fraction of sp³-hybridized carbons (Fsp3) is 0.200. The Balaban J connectivity index is 1.47. The maximum absolute atomic E-state index is 13.0. The van der Waals surface area contributed by atoms with Crippen LogP contribution in [0, 0.1) is 5.82 Å². The van der Waals surface area contributed by atoms with Gasteiger partial charge >= 0.3 is 6.03 Å². The van der Waals surface area contributed by atoms with Gasteiger partial charge in [-0.05, 0) is 35.7 Å². The molecule has 2 aromatic carbocycles. The lowest BCUT2D eigenvalue weighted by Crippen LogP contribution is -2.36. The van der Waals surface area contributed by atoms with Crippen LogP contribution in [-0.2, 0) is 13.1 Å². The number of carbonyl (C=O) groups is 1. The molecule has 0 spiro atoms. The Morgan fingerprint density at radius 3 is 2.46 bits per heavy atom. The normalized spacial score (nSPS) is 11.8. The lowest BCUT2D eigenvalue weighted by Gasteiger charge is -2.15. The van der Waals surface area contributed by atoms with Crippen molar-refractivity contribution in [1.29, 1.82) is 0 Å². The van der Waals surface area contributed by atoms with Crippen LogP contribution in [-0.4, -0.2) is 15.6 Å². The molecular formula is C20H21FN4O. The molecule has 26 heavy (non-hydrogen) atoms. The summed E-state index contributed by atoms with van der Waals surface area (Å²) in [7, 11) is 0. The van der Waals surface area contributed by atoms with Crippen LogP contribution in [0.1, 0.15) is 29.7 Å². The number of hydrogen-bond donors (Lipinski definition) is 2. The topological polar surface area (TPSA) is 59.0 Å². The van der Waals surface area contributed by atoms with Gasteiger partial charge in [0.05, 0.1) is 12.4 Å². The van der Waals surface area contributed by atoms with Crippen molar-refractivity contribution in [2.45, 2.75) is 26.1 Å². The van der Waals surface area contributed by atoms with E-state index in [0.29, 0.717) is 6.54 Å². The smallest absolute Gasteiger partial charge is 0.315 e. The standard InChI is InChI=1S/C20H21FN4O/c1-15(18-6-8-19(21)9-7-18)24-20(26)23-12-16-2-4-17(5-3-16)13-25-11-10-22-14-25/h2-11,14-15H,12-13H2,1H3,(H2,23,24,26)/t15-/m1/s1. The molecule has 3 aromatic rings. The second-order valence-corrected chi connectivity index (χ2v) is 6.15. The molecule has 1 aromatic heterocycles. The zero-order valence-electron chi connectivity index (χ0n) is 14.5. The molecule has 0 unspecified atom stereocenters. The minimum absolute atomic E-state index is 0.201. The Labute approximate surface area is 151 Å². The molecular weight excluding hydrogens is 331 g/mol. The third-order valence-electron chi connectivity index (χ3n) is 4.12. The van der Waals surface area contributed by atoms with Crippen LogP contribution < -0.4 is 10.6 Å². The van der Waals surface area contributed by atoms with E-state index in [-0.39, 0.29) is 17.9 Å². The summed E-state index contributed by atoms with van der Waals surface area (Å²) in [4.78, 5) is 16.1. The summed E-state index contributed by atoms with van der Waals surface area (Å²) in [5.41, 5.74) is 3.04.